The number of rotatable bonds is 8. The first-order valence-corrected chi connectivity index (χ1v) is 18.6. The standard InChI is InChI=1S/C17H19F3N2O4S.C16H17F3N2O4S/c1-10(15(23)21-14-9-13(26-22-14)16(2,3)4)27(24,25)12-7-5-11(6-8-12)17(18,19)20;1-15(2,3)12-8-13(21-25-12)20-14(22)9-26(23,24)11-6-4-10(5-7-11)16(17,18)19/h5-10H,1-4H3,(H,21,22,23);4-8H,9H2,1-3H3,(H,20,21,22). The molecule has 1 unspecified atom stereocenters. The Hall–Kier alpha value is -4.72. The first-order chi connectivity index (χ1) is 24.0. The maximum absolute atomic E-state index is 12.6. The largest absolute Gasteiger partial charge is 0.416 e. The minimum absolute atomic E-state index is 0.0550. The van der Waals surface area contributed by atoms with E-state index in [0.29, 0.717) is 35.8 Å². The summed E-state index contributed by atoms with van der Waals surface area (Å²) < 4.78 is 135. The van der Waals surface area contributed by atoms with Gasteiger partial charge in [0, 0.05) is 23.0 Å². The number of aromatic nitrogens is 2. The minimum Gasteiger partial charge on any atom is -0.359 e. The Labute approximate surface area is 301 Å². The Morgan fingerprint density at radius 2 is 1.04 bits per heavy atom. The minimum atomic E-state index is -4.58. The molecule has 0 aliphatic rings. The fraction of sp³-hybridized carbons (Fsp3) is 0.394. The molecule has 2 aromatic heterocycles. The summed E-state index contributed by atoms with van der Waals surface area (Å²) in [6.45, 7) is 12.4. The van der Waals surface area contributed by atoms with E-state index >= 15 is 0 Å². The van der Waals surface area contributed by atoms with Crippen LogP contribution in [0.3, 0.4) is 0 Å². The predicted octanol–water partition coefficient (Wildman–Crippen LogP) is 7.20. The molecule has 0 radical (unpaired) electrons. The lowest BCUT2D eigenvalue weighted by atomic mass is 9.93. The molecule has 4 rings (SSSR count). The molecule has 0 saturated heterocycles. The van der Waals surface area contributed by atoms with Crippen molar-refractivity contribution < 1.29 is 61.8 Å². The number of alkyl halides is 6. The molecule has 0 aliphatic carbocycles. The summed E-state index contributed by atoms with van der Waals surface area (Å²) in [4.78, 5) is 23.4. The van der Waals surface area contributed by atoms with Crippen LogP contribution in [0.2, 0.25) is 0 Å². The highest BCUT2D eigenvalue weighted by Gasteiger charge is 2.34. The van der Waals surface area contributed by atoms with E-state index in [-0.39, 0.29) is 32.3 Å². The Morgan fingerprint density at radius 1 is 0.660 bits per heavy atom. The van der Waals surface area contributed by atoms with Crippen molar-refractivity contribution in [3.8, 4) is 0 Å². The van der Waals surface area contributed by atoms with E-state index in [0.717, 1.165) is 31.2 Å². The molecule has 4 aromatic rings. The highest BCUT2D eigenvalue weighted by molar-refractivity contribution is 7.93. The number of carbonyl (C=O) groups is 2. The SMILES string of the molecule is CC(C(=O)Nc1cc(C(C)(C)C)on1)S(=O)(=O)c1ccc(C(F)(F)F)cc1.CC(C)(C)c1cc(NC(=O)CS(=O)(=O)c2ccc(C(F)(F)F)cc2)no1. The van der Waals surface area contributed by atoms with E-state index in [1.54, 1.807) is 0 Å². The molecule has 0 bridgehead atoms. The van der Waals surface area contributed by atoms with Crippen molar-refractivity contribution in [1.29, 1.82) is 0 Å². The third-order valence-corrected chi connectivity index (χ3v) is 10.9. The molecule has 0 saturated carbocycles. The number of hydrogen-bond acceptors (Lipinski definition) is 10. The van der Waals surface area contributed by atoms with E-state index in [1.165, 1.54) is 12.1 Å². The zero-order valence-electron chi connectivity index (χ0n) is 29.3. The summed E-state index contributed by atoms with van der Waals surface area (Å²) in [6, 6.07) is 8.87. The van der Waals surface area contributed by atoms with Gasteiger partial charge in [0.15, 0.2) is 31.3 Å². The van der Waals surface area contributed by atoms with Gasteiger partial charge in [0.1, 0.15) is 22.5 Å². The van der Waals surface area contributed by atoms with Crippen molar-refractivity contribution in [3.63, 3.8) is 0 Å². The Bertz CT molecular complexity index is 2130. The van der Waals surface area contributed by atoms with Crippen LogP contribution in [0.1, 0.15) is 71.1 Å². The van der Waals surface area contributed by atoms with Crippen LogP contribution in [0.25, 0.3) is 0 Å². The lowest BCUT2D eigenvalue weighted by Crippen LogP contribution is -2.32. The van der Waals surface area contributed by atoms with E-state index in [2.05, 4.69) is 20.9 Å². The normalized spacial score (nSPS) is 13.5. The fourth-order valence-corrected chi connectivity index (χ4v) is 6.47. The summed E-state index contributed by atoms with van der Waals surface area (Å²) in [5.74, 6) is -1.57. The third-order valence-electron chi connectivity index (χ3n) is 7.22. The molecule has 0 aliphatic heterocycles. The smallest absolute Gasteiger partial charge is 0.359 e. The van der Waals surface area contributed by atoms with Gasteiger partial charge in [0.05, 0.1) is 20.9 Å². The highest BCUT2D eigenvalue weighted by atomic mass is 32.2. The van der Waals surface area contributed by atoms with Crippen molar-refractivity contribution in [2.45, 2.75) is 86.7 Å². The summed E-state index contributed by atoms with van der Waals surface area (Å²) in [6.07, 6.45) is -9.15. The van der Waals surface area contributed by atoms with E-state index in [9.17, 15) is 52.8 Å². The Balaban J connectivity index is 0.000000286. The molecule has 2 N–H and O–H groups in total. The number of benzene rings is 2. The van der Waals surface area contributed by atoms with Crippen molar-refractivity contribution in [3.05, 3.63) is 83.3 Å². The molecule has 53 heavy (non-hydrogen) atoms. The Morgan fingerprint density at radius 3 is 1.40 bits per heavy atom. The second kappa shape index (κ2) is 15.3. The Kier molecular flexibility index (Phi) is 12.3. The summed E-state index contributed by atoms with van der Waals surface area (Å²) in [5, 5.41) is 10.4. The van der Waals surface area contributed by atoms with E-state index in [1.807, 2.05) is 41.5 Å². The molecule has 1 atom stereocenters. The first kappa shape index (κ1) is 42.7. The molecule has 2 aromatic carbocycles. The van der Waals surface area contributed by atoms with Crippen LogP contribution in [0.15, 0.2) is 79.5 Å². The van der Waals surface area contributed by atoms with E-state index in [4.69, 9.17) is 9.05 Å². The topological polar surface area (TPSA) is 179 Å². The quantitative estimate of drug-likeness (QED) is 0.173. The van der Waals surface area contributed by atoms with E-state index < -0.39 is 66.0 Å². The molecule has 2 amide bonds. The van der Waals surface area contributed by atoms with Gasteiger partial charge in [-0.1, -0.05) is 51.9 Å². The number of nitrogens with one attached hydrogen (secondary N) is 2. The van der Waals surface area contributed by atoms with Gasteiger partial charge in [-0.05, 0) is 55.5 Å². The van der Waals surface area contributed by atoms with Crippen LogP contribution in [-0.2, 0) is 52.4 Å². The number of halogens is 6. The number of nitrogens with zero attached hydrogens (tertiary/aromatic N) is 2. The van der Waals surface area contributed by atoms with Crippen LogP contribution < -0.4 is 10.6 Å². The maximum Gasteiger partial charge on any atom is 0.416 e. The van der Waals surface area contributed by atoms with Crippen LogP contribution in [0.5, 0.6) is 0 Å². The lowest BCUT2D eigenvalue weighted by Gasteiger charge is -2.13. The van der Waals surface area contributed by atoms with Crippen LogP contribution in [0, 0.1) is 0 Å². The second-order valence-corrected chi connectivity index (χ2v) is 17.9. The number of sulfone groups is 2. The molecule has 12 nitrogen and oxygen atoms in total. The molecule has 0 spiro atoms. The average molecular weight is 795 g/mol. The van der Waals surface area contributed by atoms with Crippen LogP contribution >= 0.6 is 0 Å². The first-order valence-electron chi connectivity index (χ1n) is 15.4. The summed E-state index contributed by atoms with van der Waals surface area (Å²) in [5.41, 5.74) is -2.65. The fourth-order valence-electron chi connectivity index (χ4n) is 4.07. The number of carbonyl (C=O) groups excluding carboxylic acids is 2. The van der Waals surface area contributed by atoms with Gasteiger partial charge in [0.25, 0.3) is 0 Å². The number of amides is 2. The van der Waals surface area contributed by atoms with Gasteiger partial charge in [0.2, 0.25) is 11.8 Å². The molecule has 2 heterocycles. The van der Waals surface area contributed by atoms with Gasteiger partial charge in [-0.2, -0.15) is 26.3 Å². The number of anilines is 2. The zero-order valence-corrected chi connectivity index (χ0v) is 30.9. The average Bonchev–Trinajstić information content (AvgIpc) is 3.70. The van der Waals surface area contributed by atoms with Crippen molar-refractivity contribution >= 4 is 43.1 Å². The molecule has 20 heteroatoms. The predicted molar refractivity (Wildman–Crippen MR) is 179 cm³/mol. The zero-order chi connectivity index (χ0) is 40.4. The second-order valence-electron chi connectivity index (χ2n) is 13.7. The summed E-state index contributed by atoms with van der Waals surface area (Å²) in [7, 11) is -8.28. The molecular weight excluding hydrogens is 759 g/mol. The van der Waals surface area contributed by atoms with Crippen molar-refractivity contribution in [2.75, 3.05) is 16.4 Å². The van der Waals surface area contributed by atoms with Crippen molar-refractivity contribution in [1.82, 2.24) is 10.3 Å². The van der Waals surface area contributed by atoms with Gasteiger partial charge in [-0.3, -0.25) is 9.59 Å². The van der Waals surface area contributed by atoms with Crippen LogP contribution in [-0.4, -0.2) is 50.0 Å². The highest BCUT2D eigenvalue weighted by Crippen LogP contribution is 2.32. The molecule has 290 valence electrons. The molecular formula is C33H36F6N4O8S2. The van der Waals surface area contributed by atoms with Crippen molar-refractivity contribution in [2.24, 2.45) is 0 Å². The summed E-state index contributed by atoms with van der Waals surface area (Å²) >= 11 is 0. The van der Waals surface area contributed by atoms with Gasteiger partial charge in [-0.15, -0.1) is 0 Å². The van der Waals surface area contributed by atoms with Gasteiger partial charge < -0.3 is 19.7 Å². The van der Waals surface area contributed by atoms with Gasteiger partial charge in [-0.25, -0.2) is 16.8 Å². The molecule has 0 fully saturated rings. The number of hydrogen-bond donors (Lipinski definition) is 2. The monoisotopic (exact) mass is 794 g/mol. The van der Waals surface area contributed by atoms with Crippen LogP contribution in [0.4, 0.5) is 38.0 Å². The maximum atomic E-state index is 12.6. The third kappa shape index (κ3) is 11.4. The lowest BCUT2D eigenvalue weighted by molar-refractivity contribution is -0.138. The van der Waals surface area contributed by atoms with Gasteiger partial charge >= 0.3 is 12.4 Å².